The molecular formula is C35H38F3N3O4S2. The highest BCUT2D eigenvalue weighted by atomic mass is 32.3. The third-order valence-electron chi connectivity index (χ3n) is 8.58. The van der Waals surface area contributed by atoms with E-state index in [4.69, 9.17) is 0 Å². The predicted octanol–water partition coefficient (Wildman–Crippen LogP) is 6.22. The van der Waals surface area contributed by atoms with Crippen LogP contribution in [0.25, 0.3) is 22.9 Å². The average Bonchev–Trinajstić information content (AvgIpc) is 3.03. The number of halogens is 3. The summed E-state index contributed by atoms with van der Waals surface area (Å²) in [7, 11) is -11.5. The van der Waals surface area contributed by atoms with Crippen molar-refractivity contribution in [2.75, 3.05) is 23.3 Å². The van der Waals surface area contributed by atoms with E-state index >= 15 is 0 Å². The van der Waals surface area contributed by atoms with Gasteiger partial charge in [-0.15, -0.1) is 0 Å². The Labute approximate surface area is 273 Å². The number of hydrogen-bond acceptors (Lipinski definition) is 6. The summed E-state index contributed by atoms with van der Waals surface area (Å²) in [5, 5.41) is 5.53. The molecule has 0 unspecified atom stereocenters. The second-order valence-electron chi connectivity index (χ2n) is 11.6. The number of fused-ring (bicyclic) bond motifs is 1. The van der Waals surface area contributed by atoms with Crippen molar-refractivity contribution in [3.8, 4) is 0 Å². The number of sulfonamides is 2. The van der Waals surface area contributed by atoms with E-state index in [-0.39, 0.29) is 11.4 Å². The van der Waals surface area contributed by atoms with Crippen molar-refractivity contribution in [3.05, 3.63) is 100 Å². The maximum atomic E-state index is 13.7. The molecule has 250 valence electrons. The molecule has 47 heavy (non-hydrogen) atoms. The molecule has 0 saturated heterocycles. The second kappa shape index (κ2) is 13.7. The molecular weight excluding hydrogens is 648 g/mol. The quantitative estimate of drug-likeness (QED) is 0.206. The zero-order valence-corrected chi connectivity index (χ0v) is 27.9. The van der Waals surface area contributed by atoms with Crippen LogP contribution < -0.4 is 24.8 Å². The van der Waals surface area contributed by atoms with Gasteiger partial charge in [-0.2, -0.15) is 13.2 Å². The largest absolute Gasteiger partial charge is 0.512 e. The van der Waals surface area contributed by atoms with E-state index in [0.717, 1.165) is 71.9 Å². The van der Waals surface area contributed by atoms with Crippen LogP contribution in [0.5, 0.6) is 0 Å². The van der Waals surface area contributed by atoms with E-state index in [1.54, 1.807) is 12.1 Å². The lowest BCUT2D eigenvalue weighted by Crippen LogP contribution is -2.40. The van der Waals surface area contributed by atoms with Crippen molar-refractivity contribution in [3.63, 3.8) is 0 Å². The number of benzene rings is 4. The molecule has 1 fully saturated rings. The summed E-state index contributed by atoms with van der Waals surface area (Å²) < 4.78 is 92.7. The van der Waals surface area contributed by atoms with Gasteiger partial charge in [-0.1, -0.05) is 84.6 Å². The first-order valence-electron chi connectivity index (χ1n) is 15.6. The van der Waals surface area contributed by atoms with Crippen LogP contribution in [0, 0.1) is 0 Å². The van der Waals surface area contributed by atoms with Gasteiger partial charge in [-0.05, 0) is 78.1 Å². The fourth-order valence-electron chi connectivity index (χ4n) is 6.21. The van der Waals surface area contributed by atoms with Crippen LogP contribution in [0.4, 0.5) is 24.5 Å². The molecule has 0 amide bonds. The second-order valence-corrected chi connectivity index (χ2v) is 15.2. The van der Waals surface area contributed by atoms with E-state index in [1.807, 2.05) is 54.6 Å². The summed E-state index contributed by atoms with van der Waals surface area (Å²) >= 11 is 0. The Morgan fingerprint density at radius 1 is 0.851 bits per heavy atom. The minimum Gasteiger partial charge on any atom is -0.382 e. The molecule has 1 saturated carbocycles. The summed E-state index contributed by atoms with van der Waals surface area (Å²) in [5.41, 5.74) is -2.47. The van der Waals surface area contributed by atoms with Gasteiger partial charge in [-0.25, -0.2) is 16.8 Å². The highest BCUT2D eigenvalue weighted by Gasteiger charge is 2.48. The molecule has 2 N–H and O–H groups in total. The van der Waals surface area contributed by atoms with E-state index in [9.17, 15) is 30.0 Å². The summed E-state index contributed by atoms with van der Waals surface area (Å²) in [6.45, 7) is 9.68. The maximum absolute atomic E-state index is 13.7. The zero-order valence-electron chi connectivity index (χ0n) is 26.3. The van der Waals surface area contributed by atoms with Gasteiger partial charge in [0.2, 0.25) is 0 Å². The predicted molar refractivity (Wildman–Crippen MR) is 183 cm³/mol. The molecule has 0 aliphatic heterocycles. The summed E-state index contributed by atoms with van der Waals surface area (Å²) in [5.74, 6) is 0. The Kier molecular flexibility index (Phi) is 10.0. The van der Waals surface area contributed by atoms with E-state index in [1.165, 1.54) is 6.07 Å². The third-order valence-corrected chi connectivity index (χ3v) is 11.9. The average molecular weight is 686 g/mol. The SMILES string of the molecule is C=c1ccc(=C(c2ccc(N(CC)CC)cc2)c2ccc(NC3CCCCC3)c3cccc(S(=O)(=O)NS(=O)(=O)C(F)(F)F)c23)cc1. The molecule has 0 radical (unpaired) electrons. The topological polar surface area (TPSA) is 95.6 Å². The zero-order chi connectivity index (χ0) is 34.0. The first-order valence-corrected chi connectivity index (χ1v) is 18.5. The molecule has 12 heteroatoms. The Balaban J connectivity index is 1.83. The van der Waals surface area contributed by atoms with Crippen LogP contribution in [-0.4, -0.2) is 41.5 Å². The van der Waals surface area contributed by atoms with Crippen LogP contribution in [0.3, 0.4) is 0 Å². The van der Waals surface area contributed by atoms with Crippen LogP contribution >= 0.6 is 0 Å². The highest BCUT2D eigenvalue weighted by Crippen LogP contribution is 2.38. The Bertz CT molecular complexity index is 2070. The summed E-state index contributed by atoms with van der Waals surface area (Å²) in [6.07, 6.45) is 5.03. The molecule has 0 spiro atoms. The van der Waals surface area contributed by atoms with Gasteiger partial charge < -0.3 is 10.2 Å². The molecule has 0 aromatic heterocycles. The van der Waals surface area contributed by atoms with Crippen molar-refractivity contribution in [1.82, 2.24) is 4.13 Å². The first kappa shape index (κ1) is 34.5. The number of anilines is 2. The Morgan fingerprint density at radius 2 is 1.49 bits per heavy atom. The van der Waals surface area contributed by atoms with Crippen molar-refractivity contribution < 1.29 is 30.0 Å². The Morgan fingerprint density at radius 3 is 2.09 bits per heavy atom. The standard InChI is InChI=1S/C35H38F3N3O4S2/c1-4-41(5-2)28-20-18-26(19-21-28)33(25-16-14-24(3)15-17-25)30-22-23-31(39-27-10-7-6-8-11-27)29-12-9-13-32(34(29)30)46(42,43)40-47(44,45)35(36,37)38/h9,12-23,27,39-40H,3-8,10-11H2,1-2H3. The van der Waals surface area contributed by atoms with Gasteiger partial charge in [0, 0.05) is 41.3 Å². The number of rotatable bonds is 10. The number of hydrogen-bond donors (Lipinski definition) is 2. The number of alkyl halides is 3. The lowest BCUT2D eigenvalue weighted by Gasteiger charge is -2.26. The molecule has 5 rings (SSSR count). The van der Waals surface area contributed by atoms with Crippen molar-refractivity contribution in [1.29, 1.82) is 0 Å². The number of nitrogens with one attached hydrogen (secondary N) is 2. The van der Waals surface area contributed by atoms with Gasteiger partial charge >= 0.3 is 15.5 Å². The van der Waals surface area contributed by atoms with Crippen molar-refractivity contribution in [2.24, 2.45) is 0 Å². The van der Waals surface area contributed by atoms with Crippen LogP contribution in [-0.2, 0) is 20.0 Å². The third kappa shape index (κ3) is 7.34. The first-order chi connectivity index (χ1) is 22.3. The molecule has 4 aromatic rings. The minimum atomic E-state index is -6.24. The Hall–Kier alpha value is -3.87. The normalized spacial score (nSPS) is 14.7. The van der Waals surface area contributed by atoms with E-state index in [0.29, 0.717) is 27.4 Å². The molecule has 4 aromatic carbocycles. The number of nitrogens with zero attached hydrogens (tertiary/aromatic N) is 1. The minimum absolute atomic E-state index is 0.0969. The van der Waals surface area contributed by atoms with Gasteiger partial charge in [0.15, 0.2) is 0 Å². The summed E-state index contributed by atoms with van der Waals surface area (Å²) in [4.78, 5) is 1.59. The van der Waals surface area contributed by atoms with Gasteiger partial charge in [0.05, 0.1) is 4.90 Å². The molecule has 1 aliphatic rings. The molecule has 0 bridgehead atoms. The molecule has 0 atom stereocenters. The monoisotopic (exact) mass is 685 g/mol. The molecule has 1 aliphatic carbocycles. The molecule has 0 heterocycles. The van der Waals surface area contributed by atoms with Crippen LogP contribution in [0.15, 0.2) is 83.8 Å². The fraction of sp³-hybridized carbons (Fsp3) is 0.314. The van der Waals surface area contributed by atoms with Gasteiger partial charge in [0.25, 0.3) is 10.0 Å². The van der Waals surface area contributed by atoms with Crippen LogP contribution in [0.2, 0.25) is 0 Å². The summed E-state index contributed by atoms with van der Waals surface area (Å²) in [6, 6.07) is 23.1. The van der Waals surface area contributed by atoms with Crippen LogP contribution in [0.1, 0.15) is 57.1 Å². The highest BCUT2D eigenvalue weighted by molar-refractivity contribution is 8.05. The van der Waals surface area contributed by atoms with E-state index < -0.39 is 30.5 Å². The van der Waals surface area contributed by atoms with Gasteiger partial charge in [-0.3, -0.25) is 0 Å². The lowest BCUT2D eigenvalue weighted by atomic mass is 9.90. The lowest BCUT2D eigenvalue weighted by molar-refractivity contribution is -0.0441. The fourth-order valence-corrected chi connectivity index (χ4v) is 8.85. The van der Waals surface area contributed by atoms with E-state index in [2.05, 4.69) is 30.6 Å². The van der Waals surface area contributed by atoms with Crippen molar-refractivity contribution >= 4 is 54.3 Å². The van der Waals surface area contributed by atoms with Gasteiger partial charge in [0.1, 0.15) is 0 Å². The van der Waals surface area contributed by atoms with Crippen molar-refractivity contribution in [2.45, 2.75) is 62.4 Å². The smallest absolute Gasteiger partial charge is 0.382 e. The maximum Gasteiger partial charge on any atom is 0.512 e. The molecule has 7 nitrogen and oxygen atoms in total.